The van der Waals surface area contributed by atoms with E-state index in [4.69, 9.17) is 16.3 Å². The van der Waals surface area contributed by atoms with Crippen molar-refractivity contribution >= 4 is 29.1 Å². The SMILES string of the molecule is COc1cccc(C(O)(C(=O)N(C)CC[C@H]2CC23CCN(c2ccc(C(=O)N(C)C(C)C)c(Cl)c2)CC3)C(F)(F)F)c1. The normalized spacial score (nSPS) is 19.4. The number of carbonyl (C=O) groups is 2. The van der Waals surface area contributed by atoms with Crippen LogP contribution in [-0.4, -0.2) is 79.8 Å². The van der Waals surface area contributed by atoms with Crippen molar-refractivity contribution in [2.45, 2.75) is 57.3 Å². The smallest absolute Gasteiger partial charge is 0.430 e. The molecular formula is C31H39ClF3N3O4. The summed E-state index contributed by atoms with van der Waals surface area (Å²) in [6.45, 7) is 5.58. The maximum Gasteiger partial charge on any atom is 0.430 e. The van der Waals surface area contributed by atoms with Gasteiger partial charge in [-0.2, -0.15) is 13.2 Å². The second-order valence-electron chi connectivity index (χ2n) is 11.9. The van der Waals surface area contributed by atoms with E-state index in [0.29, 0.717) is 22.9 Å². The summed E-state index contributed by atoms with van der Waals surface area (Å²) in [6.07, 6.45) is -1.87. The van der Waals surface area contributed by atoms with E-state index in [1.54, 1.807) is 18.0 Å². The van der Waals surface area contributed by atoms with Gasteiger partial charge in [-0.15, -0.1) is 0 Å². The monoisotopic (exact) mass is 609 g/mol. The van der Waals surface area contributed by atoms with E-state index in [-0.39, 0.29) is 29.7 Å². The first-order valence-corrected chi connectivity index (χ1v) is 14.5. The number of rotatable bonds is 9. The zero-order valence-electron chi connectivity index (χ0n) is 24.7. The van der Waals surface area contributed by atoms with Gasteiger partial charge < -0.3 is 24.5 Å². The summed E-state index contributed by atoms with van der Waals surface area (Å²) in [7, 11) is 4.35. The molecule has 7 nitrogen and oxygen atoms in total. The van der Waals surface area contributed by atoms with Gasteiger partial charge in [0.2, 0.25) is 0 Å². The van der Waals surface area contributed by atoms with Gasteiger partial charge in [0.1, 0.15) is 5.75 Å². The highest BCUT2D eigenvalue weighted by Crippen LogP contribution is 2.61. The van der Waals surface area contributed by atoms with Crippen LogP contribution in [0.3, 0.4) is 0 Å². The molecule has 230 valence electrons. The van der Waals surface area contributed by atoms with Crippen LogP contribution < -0.4 is 9.64 Å². The van der Waals surface area contributed by atoms with Crippen LogP contribution in [0.15, 0.2) is 42.5 Å². The van der Waals surface area contributed by atoms with E-state index < -0.39 is 23.2 Å². The third kappa shape index (κ3) is 6.06. The molecule has 2 fully saturated rings. The maximum absolute atomic E-state index is 14.1. The summed E-state index contributed by atoms with van der Waals surface area (Å²) >= 11 is 6.49. The summed E-state index contributed by atoms with van der Waals surface area (Å²) in [5.74, 6) is -1.13. The van der Waals surface area contributed by atoms with E-state index in [9.17, 15) is 27.9 Å². The lowest BCUT2D eigenvalue weighted by molar-refractivity contribution is -0.261. The van der Waals surface area contributed by atoms with Crippen LogP contribution in [0.4, 0.5) is 18.9 Å². The highest BCUT2D eigenvalue weighted by Gasteiger charge is 2.62. The number of carbonyl (C=O) groups excluding carboxylic acids is 2. The van der Waals surface area contributed by atoms with Crippen LogP contribution in [0.25, 0.3) is 0 Å². The molecular weight excluding hydrogens is 571 g/mol. The molecule has 2 amide bonds. The number of likely N-dealkylation sites (N-methyl/N-ethyl adjacent to an activating group) is 1. The molecule has 2 aromatic carbocycles. The zero-order chi connectivity index (χ0) is 31.0. The molecule has 0 radical (unpaired) electrons. The molecule has 1 spiro atoms. The number of nitrogens with zero attached hydrogens (tertiary/aromatic N) is 3. The minimum absolute atomic E-state index is 0.0553. The number of piperidine rings is 1. The molecule has 1 saturated heterocycles. The molecule has 11 heteroatoms. The first-order chi connectivity index (χ1) is 19.6. The molecule has 2 atom stereocenters. The molecule has 2 aromatic rings. The van der Waals surface area contributed by atoms with Gasteiger partial charge in [0.15, 0.2) is 0 Å². The number of hydrogen-bond donors (Lipinski definition) is 1. The van der Waals surface area contributed by atoms with Gasteiger partial charge in [-0.05, 0) is 81.2 Å². The Morgan fingerprint density at radius 1 is 1.14 bits per heavy atom. The highest BCUT2D eigenvalue weighted by molar-refractivity contribution is 6.34. The number of ether oxygens (including phenoxy) is 1. The predicted molar refractivity (Wildman–Crippen MR) is 156 cm³/mol. The molecule has 2 aliphatic rings. The van der Waals surface area contributed by atoms with Crippen molar-refractivity contribution in [1.29, 1.82) is 0 Å². The third-order valence-electron chi connectivity index (χ3n) is 9.13. The Balaban J connectivity index is 1.34. The molecule has 1 N–H and O–H groups in total. The summed E-state index contributed by atoms with van der Waals surface area (Å²) in [4.78, 5) is 30.6. The number of halogens is 4. The lowest BCUT2D eigenvalue weighted by atomic mass is 9.89. The topological polar surface area (TPSA) is 73.3 Å². The van der Waals surface area contributed by atoms with Gasteiger partial charge in [0.05, 0.1) is 17.7 Å². The Morgan fingerprint density at radius 3 is 2.38 bits per heavy atom. The molecule has 1 unspecified atom stereocenters. The van der Waals surface area contributed by atoms with Gasteiger partial charge in [-0.3, -0.25) is 9.59 Å². The number of anilines is 1. The lowest BCUT2D eigenvalue weighted by Gasteiger charge is -2.35. The Morgan fingerprint density at radius 2 is 1.81 bits per heavy atom. The van der Waals surface area contributed by atoms with Gasteiger partial charge in [0, 0.05) is 51.0 Å². The van der Waals surface area contributed by atoms with Crippen molar-refractivity contribution in [1.82, 2.24) is 9.80 Å². The van der Waals surface area contributed by atoms with Crippen LogP contribution in [0, 0.1) is 11.3 Å². The molecule has 0 aromatic heterocycles. The van der Waals surface area contributed by atoms with E-state index in [1.165, 1.54) is 26.3 Å². The standard InChI is InChI=1S/C31H39ClF3N3O4/c1-20(2)37(4)27(39)25-10-9-23(18-26(25)32)38-15-12-29(13-16-38)19-22(29)11-14-36(3)28(40)30(41,31(33,34)35)21-7-6-8-24(17-21)42-5/h6-10,17-18,20,22,41H,11-16,19H2,1-5H3/t22-,30?/m0/s1. The summed E-state index contributed by atoms with van der Waals surface area (Å²) < 4.78 is 47.3. The van der Waals surface area contributed by atoms with Crippen LogP contribution in [0.1, 0.15) is 55.5 Å². The fraction of sp³-hybridized carbons (Fsp3) is 0.548. The molecule has 0 bridgehead atoms. The third-order valence-corrected chi connectivity index (χ3v) is 9.44. The highest BCUT2D eigenvalue weighted by atomic mass is 35.5. The minimum atomic E-state index is -5.21. The number of amides is 2. The van der Waals surface area contributed by atoms with Crippen molar-refractivity contribution < 1.29 is 32.6 Å². The first-order valence-electron chi connectivity index (χ1n) is 14.2. The van der Waals surface area contributed by atoms with Gasteiger partial charge in [-0.1, -0.05) is 23.7 Å². The second kappa shape index (κ2) is 12.0. The Kier molecular flexibility index (Phi) is 9.09. The van der Waals surface area contributed by atoms with Crippen LogP contribution in [0.2, 0.25) is 5.02 Å². The fourth-order valence-electron chi connectivity index (χ4n) is 5.95. The number of methoxy groups -OCH3 is 1. The van der Waals surface area contributed by atoms with E-state index in [2.05, 4.69) is 4.90 Å². The van der Waals surface area contributed by atoms with Crippen LogP contribution >= 0.6 is 11.6 Å². The van der Waals surface area contributed by atoms with Crippen LogP contribution in [0.5, 0.6) is 5.75 Å². The fourth-order valence-corrected chi connectivity index (χ4v) is 6.20. The Hall–Kier alpha value is -2.98. The number of hydrogen-bond acceptors (Lipinski definition) is 5. The summed E-state index contributed by atoms with van der Waals surface area (Å²) in [5.41, 5.74) is -2.73. The van der Waals surface area contributed by atoms with E-state index in [0.717, 1.165) is 55.1 Å². The van der Waals surface area contributed by atoms with Gasteiger partial charge >= 0.3 is 6.18 Å². The number of alkyl halides is 3. The summed E-state index contributed by atoms with van der Waals surface area (Å²) in [5, 5.41) is 11.2. The zero-order valence-corrected chi connectivity index (χ0v) is 25.4. The number of aliphatic hydroxyl groups is 1. The quantitative estimate of drug-likeness (QED) is 0.393. The minimum Gasteiger partial charge on any atom is -0.497 e. The molecule has 4 rings (SSSR count). The maximum atomic E-state index is 14.1. The summed E-state index contributed by atoms with van der Waals surface area (Å²) in [6, 6.07) is 10.4. The Bertz CT molecular complexity index is 1310. The first kappa shape index (κ1) is 31.9. The lowest BCUT2D eigenvalue weighted by Crippen LogP contribution is -2.55. The molecule has 1 aliphatic carbocycles. The largest absolute Gasteiger partial charge is 0.497 e. The van der Waals surface area contributed by atoms with Gasteiger partial charge in [0.25, 0.3) is 17.4 Å². The average Bonchev–Trinajstić information content (AvgIpc) is 3.64. The Labute approximate surface area is 250 Å². The number of benzene rings is 2. The van der Waals surface area contributed by atoms with Crippen molar-refractivity contribution in [3.8, 4) is 5.75 Å². The van der Waals surface area contributed by atoms with Gasteiger partial charge in [-0.25, -0.2) is 0 Å². The molecule has 42 heavy (non-hydrogen) atoms. The van der Waals surface area contributed by atoms with Crippen molar-refractivity contribution in [3.05, 3.63) is 58.6 Å². The van der Waals surface area contributed by atoms with Crippen LogP contribution in [-0.2, 0) is 10.4 Å². The van der Waals surface area contributed by atoms with Crippen molar-refractivity contribution in [2.24, 2.45) is 11.3 Å². The van der Waals surface area contributed by atoms with E-state index in [1.807, 2.05) is 26.0 Å². The van der Waals surface area contributed by atoms with E-state index >= 15 is 0 Å². The second-order valence-corrected chi connectivity index (χ2v) is 12.3. The molecule has 1 heterocycles. The molecule has 1 aliphatic heterocycles. The average molecular weight is 610 g/mol. The molecule has 1 saturated carbocycles. The van der Waals surface area contributed by atoms with Crippen molar-refractivity contribution in [3.63, 3.8) is 0 Å². The van der Waals surface area contributed by atoms with Crippen molar-refractivity contribution in [2.75, 3.05) is 45.7 Å². The predicted octanol–water partition coefficient (Wildman–Crippen LogP) is 5.73.